The third-order valence-corrected chi connectivity index (χ3v) is 4.23. The number of aliphatic hydroxyl groups excluding tert-OH is 1. The summed E-state index contributed by atoms with van der Waals surface area (Å²) in [5.74, 6) is 1.68. The van der Waals surface area contributed by atoms with Crippen LogP contribution in [0.5, 0.6) is 11.5 Å². The molecule has 0 saturated heterocycles. The van der Waals surface area contributed by atoms with E-state index in [9.17, 15) is 5.11 Å². The lowest BCUT2D eigenvalue weighted by Gasteiger charge is -2.21. The van der Waals surface area contributed by atoms with Gasteiger partial charge < -0.3 is 19.9 Å². The van der Waals surface area contributed by atoms with E-state index in [-0.39, 0.29) is 12.6 Å². The van der Waals surface area contributed by atoms with Crippen LogP contribution in [-0.4, -0.2) is 18.8 Å². The summed E-state index contributed by atoms with van der Waals surface area (Å²) in [5, 5.41) is 13.1. The molecule has 0 aliphatic carbocycles. The van der Waals surface area contributed by atoms with Crippen LogP contribution in [-0.2, 0) is 6.61 Å². The number of anilines is 1. The predicted octanol–water partition coefficient (Wildman–Crippen LogP) is 3.82. The van der Waals surface area contributed by atoms with Gasteiger partial charge in [-0.15, -0.1) is 0 Å². The maximum Gasteiger partial charge on any atom is 0.124 e. The molecule has 2 aromatic carbocycles. The Hall–Kier alpha value is -2.20. The molecule has 0 fully saturated rings. The van der Waals surface area contributed by atoms with Gasteiger partial charge in [-0.1, -0.05) is 12.1 Å². The summed E-state index contributed by atoms with van der Waals surface area (Å²) in [6.07, 6.45) is 2.02. The van der Waals surface area contributed by atoms with Crippen LogP contribution >= 0.6 is 0 Å². The maximum absolute atomic E-state index is 9.49. The van der Waals surface area contributed by atoms with Crippen LogP contribution in [0.1, 0.15) is 35.6 Å². The van der Waals surface area contributed by atoms with Crippen LogP contribution in [0.3, 0.4) is 0 Å². The number of hydrogen-bond acceptors (Lipinski definition) is 4. The van der Waals surface area contributed by atoms with Crippen molar-refractivity contribution in [1.82, 2.24) is 0 Å². The molecule has 1 aliphatic rings. The highest BCUT2D eigenvalue weighted by Gasteiger charge is 2.20. The van der Waals surface area contributed by atoms with Gasteiger partial charge in [0.05, 0.1) is 26.4 Å². The van der Waals surface area contributed by atoms with Crippen LogP contribution in [0.25, 0.3) is 0 Å². The SMILES string of the molecule is COc1ccc(NC2CCCOc3cc(C)ccc32)cc1CO. The average Bonchev–Trinajstić information content (AvgIpc) is 2.76. The summed E-state index contributed by atoms with van der Waals surface area (Å²) >= 11 is 0. The Labute approximate surface area is 137 Å². The van der Waals surface area contributed by atoms with Crippen molar-refractivity contribution in [2.24, 2.45) is 0 Å². The molecule has 4 heteroatoms. The molecular weight excluding hydrogens is 290 g/mol. The van der Waals surface area contributed by atoms with Gasteiger partial charge in [0.25, 0.3) is 0 Å². The first-order chi connectivity index (χ1) is 11.2. The zero-order chi connectivity index (χ0) is 16.2. The molecule has 1 aliphatic heterocycles. The fourth-order valence-corrected chi connectivity index (χ4v) is 3.02. The fourth-order valence-electron chi connectivity index (χ4n) is 3.02. The summed E-state index contributed by atoms with van der Waals surface area (Å²) in [7, 11) is 1.61. The standard InChI is InChI=1S/C19H23NO3/c1-13-5-7-16-17(4-3-9-23-19(16)10-13)20-15-6-8-18(22-2)14(11-15)12-21/h5-8,10-11,17,20-21H,3-4,9,12H2,1-2H3. The van der Waals surface area contributed by atoms with E-state index >= 15 is 0 Å². The normalized spacial score (nSPS) is 16.9. The second kappa shape index (κ2) is 6.92. The molecule has 0 spiro atoms. The second-order valence-electron chi connectivity index (χ2n) is 5.91. The van der Waals surface area contributed by atoms with Gasteiger partial charge in [-0.2, -0.15) is 0 Å². The summed E-state index contributed by atoms with van der Waals surface area (Å²) in [4.78, 5) is 0. The van der Waals surface area contributed by atoms with Crippen LogP contribution < -0.4 is 14.8 Å². The first-order valence-electron chi connectivity index (χ1n) is 7.99. The molecule has 1 heterocycles. The fraction of sp³-hybridized carbons (Fsp3) is 0.368. The number of hydrogen-bond donors (Lipinski definition) is 2. The molecule has 0 aromatic heterocycles. The molecule has 1 unspecified atom stereocenters. The molecule has 2 aromatic rings. The van der Waals surface area contributed by atoms with E-state index in [2.05, 4.69) is 30.4 Å². The molecule has 122 valence electrons. The molecular formula is C19H23NO3. The minimum Gasteiger partial charge on any atom is -0.496 e. The zero-order valence-corrected chi connectivity index (χ0v) is 13.6. The van der Waals surface area contributed by atoms with Crippen molar-refractivity contribution < 1.29 is 14.6 Å². The lowest BCUT2D eigenvalue weighted by atomic mass is 10.00. The average molecular weight is 313 g/mol. The van der Waals surface area contributed by atoms with Crippen molar-refractivity contribution in [3.05, 3.63) is 53.1 Å². The second-order valence-corrected chi connectivity index (χ2v) is 5.91. The quantitative estimate of drug-likeness (QED) is 0.901. The lowest BCUT2D eigenvalue weighted by Crippen LogP contribution is -2.10. The lowest BCUT2D eigenvalue weighted by molar-refractivity contribution is 0.274. The van der Waals surface area contributed by atoms with Gasteiger partial charge in [-0.3, -0.25) is 0 Å². The third kappa shape index (κ3) is 3.42. The van der Waals surface area contributed by atoms with E-state index in [4.69, 9.17) is 9.47 Å². The molecule has 4 nitrogen and oxygen atoms in total. The number of methoxy groups -OCH3 is 1. The Bertz CT molecular complexity index is 684. The van der Waals surface area contributed by atoms with E-state index in [0.717, 1.165) is 36.4 Å². The van der Waals surface area contributed by atoms with Crippen molar-refractivity contribution >= 4 is 5.69 Å². The maximum atomic E-state index is 9.49. The summed E-state index contributed by atoms with van der Waals surface area (Å²) in [5.41, 5.74) is 4.16. The highest BCUT2D eigenvalue weighted by atomic mass is 16.5. The monoisotopic (exact) mass is 313 g/mol. The van der Waals surface area contributed by atoms with Gasteiger partial charge in [0, 0.05) is 16.8 Å². The first kappa shape index (κ1) is 15.7. The minimum atomic E-state index is -0.0394. The third-order valence-electron chi connectivity index (χ3n) is 4.23. The van der Waals surface area contributed by atoms with Gasteiger partial charge in [0.1, 0.15) is 11.5 Å². The Morgan fingerprint density at radius 1 is 1.26 bits per heavy atom. The van der Waals surface area contributed by atoms with Gasteiger partial charge in [-0.25, -0.2) is 0 Å². The Morgan fingerprint density at radius 3 is 2.91 bits per heavy atom. The van der Waals surface area contributed by atoms with Crippen LogP contribution in [0.4, 0.5) is 5.69 Å². The number of nitrogens with one attached hydrogen (secondary N) is 1. The van der Waals surface area contributed by atoms with Crippen molar-refractivity contribution in [2.45, 2.75) is 32.4 Å². The smallest absolute Gasteiger partial charge is 0.124 e. The Morgan fingerprint density at radius 2 is 2.13 bits per heavy atom. The number of aryl methyl sites for hydroxylation is 1. The number of aliphatic hydroxyl groups is 1. The number of fused-ring (bicyclic) bond motifs is 1. The van der Waals surface area contributed by atoms with Gasteiger partial charge in [-0.05, 0) is 49.6 Å². The number of rotatable bonds is 4. The highest BCUT2D eigenvalue weighted by molar-refractivity contribution is 5.53. The largest absolute Gasteiger partial charge is 0.496 e. The van der Waals surface area contributed by atoms with E-state index in [1.165, 1.54) is 11.1 Å². The summed E-state index contributed by atoms with van der Waals surface area (Å²) in [6.45, 7) is 2.79. The number of benzene rings is 2. The molecule has 0 amide bonds. The minimum absolute atomic E-state index is 0.0394. The zero-order valence-electron chi connectivity index (χ0n) is 13.6. The summed E-state index contributed by atoms with van der Waals surface area (Å²) in [6, 6.07) is 12.4. The van der Waals surface area contributed by atoms with Crippen LogP contribution in [0.2, 0.25) is 0 Å². The Balaban J connectivity index is 1.88. The molecule has 0 saturated carbocycles. The molecule has 3 rings (SSSR count). The predicted molar refractivity (Wildman–Crippen MR) is 91.2 cm³/mol. The molecule has 1 atom stereocenters. The van der Waals surface area contributed by atoms with Crippen molar-refractivity contribution in [2.75, 3.05) is 19.0 Å². The molecule has 0 radical (unpaired) electrons. The van der Waals surface area contributed by atoms with Crippen molar-refractivity contribution in [3.63, 3.8) is 0 Å². The van der Waals surface area contributed by atoms with Gasteiger partial charge in [0.2, 0.25) is 0 Å². The van der Waals surface area contributed by atoms with E-state index in [0.29, 0.717) is 5.75 Å². The van der Waals surface area contributed by atoms with Crippen molar-refractivity contribution in [1.29, 1.82) is 0 Å². The van der Waals surface area contributed by atoms with Crippen LogP contribution in [0, 0.1) is 6.92 Å². The van der Waals surface area contributed by atoms with Gasteiger partial charge in [0.15, 0.2) is 0 Å². The number of ether oxygens (including phenoxy) is 2. The molecule has 23 heavy (non-hydrogen) atoms. The molecule has 0 bridgehead atoms. The topological polar surface area (TPSA) is 50.7 Å². The van der Waals surface area contributed by atoms with E-state index in [1.54, 1.807) is 7.11 Å². The van der Waals surface area contributed by atoms with E-state index < -0.39 is 0 Å². The van der Waals surface area contributed by atoms with E-state index in [1.807, 2.05) is 18.2 Å². The molecule has 2 N–H and O–H groups in total. The van der Waals surface area contributed by atoms with Crippen molar-refractivity contribution in [3.8, 4) is 11.5 Å². The Kier molecular flexibility index (Phi) is 4.72. The van der Waals surface area contributed by atoms with Gasteiger partial charge >= 0.3 is 0 Å². The summed E-state index contributed by atoms with van der Waals surface area (Å²) < 4.78 is 11.1. The van der Waals surface area contributed by atoms with Crippen LogP contribution in [0.15, 0.2) is 36.4 Å². The highest BCUT2D eigenvalue weighted by Crippen LogP contribution is 2.35. The first-order valence-corrected chi connectivity index (χ1v) is 7.99.